The van der Waals surface area contributed by atoms with Crippen molar-refractivity contribution < 1.29 is 9.59 Å². The molecule has 1 aromatic carbocycles. The Morgan fingerprint density at radius 2 is 1.67 bits per heavy atom. The van der Waals surface area contributed by atoms with Crippen molar-refractivity contribution in [1.82, 2.24) is 4.90 Å². The summed E-state index contributed by atoms with van der Waals surface area (Å²) in [5.41, 5.74) is 1.01. The lowest BCUT2D eigenvalue weighted by Gasteiger charge is -2.20. The first-order valence-corrected chi connectivity index (χ1v) is 4.93. The van der Waals surface area contributed by atoms with Crippen LogP contribution >= 0.6 is 0 Å². The zero-order valence-electron chi connectivity index (χ0n) is 8.56. The average Bonchev–Trinajstić information content (AvgIpc) is 2.52. The van der Waals surface area contributed by atoms with Crippen LogP contribution in [-0.2, 0) is 0 Å². The molecule has 1 unspecified atom stereocenters. The largest absolute Gasteiger partial charge is 0.272 e. The lowest BCUT2D eigenvalue weighted by atomic mass is 10.1. The number of carbonyl (C=O) groups is 2. The minimum atomic E-state index is -0.202. The van der Waals surface area contributed by atoms with Gasteiger partial charge in [0.1, 0.15) is 0 Å². The maximum atomic E-state index is 11.9. The minimum absolute atomic E-state index is 0.141. The molecule has 0 bridgehead atoms. The van der Waals surface area contributed by atoms with E-state index in [1.165, 1.54) is 4.90 Å². The van der Waals surface area contributed by atoms with Crippen LogP contribution in [0.5, 0.6) is 0 Å². The van der Waals surface area contributed by atoms with Crippen LogP contribution in [0.15, 0.2) is 24.3 Å². The highest BCUT2D eigenvalue weighted by Crippen LogP contribution is 2.24. The van der Waals surface area contributed by atoms with E-state index in [9.17, 15) is 9.59 Å². The Labute approximate surface area is 88.7 Å². The second-order valence-corrected chi connectivity index (χ2v) is 3.66. The molecule has 0 N–H and O–H groups in total. The van der Waals surface area contributed by atoms with Gasteiger partial charge in [-0.2, -0.15) is 0 Å². The van der Waals surface area contributed by atoms with Gasteiger partial charge in [0.25, 0.3) is 11.8 Å². The third kappa shape index (κ3) is 1.35. The fourth-order valence-corrected chi connectivity index (χ4v) is 1.74. The fourth-order valence-electron chi connectivity index (χ4n) is 1.74. The molecule has 1 aliphatic heterocycles. The van der Waals surface area contributed by atoms with E-state index in [1.807, 2.05) is 6.92 Å². The van der Waals surface area contributed by atoms with Gasteiger partial charge >= 0.3 is 0 Å². The fraction of sp³-hybridized carbons (Fsp3) is 0.250. The molecule has 15 heavy (non-hydrogen) atoms. The number of nitrogens with zero attached hydrogens (tertiary/aromatic N) is 1. The van der Waals surface area contributed by atoms with Crippen molar-refractivity contribution in [3.63, 3.8) is 0 Å². The molecule has 0 saturated heterocycles. The molecular weight excluding hydrogens is 190 g/mol. The van der Waals surface area contributed by atoms with Gasteiger partial charge in [0.2, 0.25) is 0 Å². The highest BCUT2D eigenvalue weighted by Gasteiger charge is 2.37. The summed E-state index contributed by atoms with van der Waals surface area (Å²) in [5.74, 6) is -0.404. The summed E-state index contributed by atoms with van der Waals surface area (Å²) in [7, 11) is 0. The van der Waals surface area contributed by atoms with Crippen LogP contribution in [0.4, 0.5) is 0 Å². The molecule has 1 heterocycles. The molecular formula is C12H12NO2. The van der Waals surface area contributed by atoms with Crippen molar-refractivity contribution >= 4 is 11.8 Å². The van der Waals surface area contributed by atoms with E-state index in [1.54, 1.807) is 24.3 Å². The monoisotopic (exact) mass is 202 g/mol. The maximum Gasteiger partial charge on any atom is 0.261 e. The van der Waals surface area contributed by atoms with Crippen molar-refractivity contribution in [2.45, 2.75) is 19.4 Å². The molecule has 0 aromatic heterocycles. The number of imide groups is 1. The summed E-state index contributed by atoms with van der Waals surface area (Å²) in [6, 6.07) is 6.76. The summed E-state index contributed by atoms with van der Waals surface area (Å²) in [6.45, 7) is 5.54. The minimum Gasteiger partial charge on any atom is -0.272 e. The first-order chi connectivity index (χ1) is 7.16. The summed E-state index contributed by atoms with van der Waals surface area (Å²) in [4.78, 5) is 25.1. The Morgan fingerprint density at radius 1 is 1.20 bits per heavy atom. The highest BCUT2D eigenvalue weighted by molar-refractivity contribution is 6.21. The lowest BCUT2D eigenvalue weighted by Crippen LogP contribution is -2.37. The van der Waals surface area contributed by atoms with Gasteiger partial charge in [0, 0.05) is 6.04 Å². The number of amides is 2. The normalized spacial score (nSPS) is 16.8. The third-order valence-corrected chi connectivity index (χ3v) is 2.68. The quantitative estimate of drug-likeness (QED) is 0.687. The van der Waals surface area contributed by atoms with Crippen LogP contribution in [-0.4, -0.2) is 22.8 Å². The first-order valence-electron chi connectivity index (χ1n) is 4.93. The van der Waals surface area contributed by atoms with Crippen LogP contribution in [0.1, 0.15) is 34.1 Å². The number of hydrogen-bond acceptors (Lipinski definition) is 2. The first kappa shape index (κ1) is 9.90. The van der Waals surface area contributed by atoms with E-state index in [0.717, 1.165) is 0 Å². The summed E-state index contributed by atoms with van der Waals surface area (Å²) in [5, 5.41) is 0. The van der Waals surface area contributed by atoms with Gasteiger partial charge in [0.05, 0.1) is 11.1 Å². The van der Waals surface area contributed by atoms with Crippen LogP contribution in [0.2, 0.25) is 0 Å². The molecule has 2 rings (SSSR count). The van der Waals surface area contributed by atoms with Gasteiger partial charge in [0.15, 0.2) is 0 Å². The number of hydrogen-bond donors (Lipinski definition) is 0. The predicted molar refractivity (Wildman–Crippen MR) is 56.4 cm³/mol. The summed E-state index contributed by atoms with van der Waals surface area (Å²) < 4.78 is 0. The van der Waals surface area contributed by atoms with Gasteiger partial charge < -0.3 is 0 Å². The van der Waals surface area contributed by atoms with Crippen LogP contribution in [0.3, 0.4) is 0 Å². The number of fused-ring (bicyclic) bond motifs is 1. The topological polar surface area (TPSA) is 37.4 Å². The Hall–Kier alpha value is -1.64. The molecule has 3 heteroatoms. The maximum absolute atomic E-state index is 11.9. The molecule has 1 radical (unpaired) electrons. The van der Waals surface area contributed by atoms with E-state index < -0.39 is 0 Å². The van der Waals surface area contributed by atoms with E-state index >= 15 is 0 Å². The lowest BCUT2D eigenvalue weighted by molar-refractivity contribution is 0.0598. The molecule has 0 spiro atoms. The Balaban J connectivity index is 2.45. The highest BCUT2D eigenvalue weighted by atomic mass is 16.2. The zero-order chi connectivity index (χ0) is 11.0. The van der Waals surface area contributed by atoms with E-state index in [2.05, 4.69) is 6.92 Å². The van der Waals surface area contributed by atoms with Gasteiger partial charge in [-0.1, -0.05) is 19.1 Å². The molecule has 0 saturated carbocycles. The molecule has 77 valence electrons. The van der Waals surface area contributed by atoms with Crippen molar-refractivity contribution in [2.75, 3.05) is 0 Å². The van der Waals surface area contributed by atoms with Crippen molar-refractivity contribution in [3.8, 4) is 0 Å². The Bertz CT molecular complexity index is 390. The van der Waals surface area contributed by atoms with Crippen molar-refractivity contribution in [2.24, 2.45) is 0 Å². The molecule has 1 aromatic rings. The van der Waals surface area contributed by atoms with Crippen LogP contribution in [0, 0.1) is 6.92 Å². The van der Waals surface area contributed by atoms with Crippen molar-refractivity contribution in [1.29, 1.82) is 0 Å². The second kappa shape index (κ2) is 3.50. The van der Waals surface area contributed by atoms with Gasteiger partial charge in [-0.25, -0.2) is 0 Å². The smallest absolute Gasteiger partial charge is 0.261 e. The van der Waals surface area contributed by atoms with Gasteiger partial charge in [-0.15, -0.1) is 0 Å². The molecule has 1 aliphatic rings. The van der Waals surface area contributed by atoms with E-state index in [4.69, 9.17) is 0 Å². The molecule has 3 nitrogen and oxygen atoms in total. The molecule has 2 amide bonds. The van der Waals surface area contributed by atoms with E-state index in [-0.39, 0.29) is 17.9 Å². The SMILES string of the molecule is [CH2]CC(C)N1C(=O)c2ccccc2C1=O. The molecule has 1 atom stereocenters. The van der Waals surface area contributed by atoms with Crippen LogP contribution < -0.4 is 0 Å². The number of rotatable bonds is 2. The predicted octanol–water partition coefficient (Wildman–Crippen LogP) is 1.90. The third-order valence-electron chi connectivity index (χ3n) is 2.68. The Morgan fingerprint density at radius 3 is 2.07 bits per heavy atom. The van der Waals surface area contributed by atoms with Gasteiger partial charge in [-0.05, 0) is 25.5 Å². The summed E-state index contributed by atoms with van der Waals surface area (Å²) >= 11 is 0. The number of carbonyl (C=O) groups excluding carboxylic acids is 2. The van der Waals surface area contributed by atoms with Crippen LogP contribution in [0.25, 0.3) is 0 Å². The number of benzene rings is 1. The molecule has 0 fully saturated rings. The standard InChI is InChI=1S/C12H12NO2/c1-3-8(2)13-11(14)9-6-4-5-7-10(9)12(13)15/h4-8H,1,3H2,2H3. The summed E-state index contributed by atoms with van der Waals surface area (Å²) in [6.07, 6.45) is 0.533. The zero-order valence-corrected chi connectivity index (χ0v) is 8.56. The Kier molecular flexibility index (Phi) is 2.31. The van der Waals surface area contributed by atoms with E-state index in [0.29, 0.717) is 17.5 Å². The average molecular weight is 202 g/mol. The van der Waals surface area contributed by atoms with Crippen molar-refractivity contribution in [3.05, 3.63) is 42.3 Å². The molecule has 0 aliphatic carbocycles. The second-order valence-electron chi connectivity index (χ2n) is 3.66. The van der Waals surface area contributed by atoms with Gasteiger partial charge in [-0.3, -0.25) is 14.5 Å².